The Morgan fingerprint density at radius 1 is 0.938 bits per heavy atom. The van der Waals surface area contributed by atoms with E-state index in [1.54, 1.807) is 32.3 Å². The van der Waals surface area contributed by atoms with Crippen LogP contribution < -0.4 is 19.5 Å². The van der Waals surface area contributed by atoms with E-state index in [0.717, 1.165) is 16.7 Å². The molecule has 3 aromatic rings. The second kappa shape index (κ2) is 9.40. The van der Waals surface area contributed by atoms with Crippen LogP contribution in [0, 0.1) is 0 Å². The fourth-order valence-electron chi connectivity index (χ4n) is 4.09. The first kappa shape index (κ1) is 21.8. The summed E-state index contributed by atoms with van der Waals surface area (Å²) in [5.41, 5.74) is 3.56. The molecule has 0 saturated carbocycles. The molecule has 1 aliphatic rings. The molecule has 0 unspecified atom stereocenters. The first-order valence-electron chi connectivity index (χ1n) is 10.3. The van der Waals surface area contributed by atoms with Gasteiger partial charge in [0.2, 0.25) is 0 Å². The summed E-state index contributed by atoms with van der Waals surface area (Å²) in [5.74, 6) is 1.95. The number of hydrogen-bond donors (Lipinski definition) is 1. The van der Waals surface area contributed by atoms with Crippen molar-refractivity contribution in [2.75, 3.05) is 33.2 Å². The van der Waals surface area contributed by atoms with Gasteiger partial charge in [-0.1, -0.05) is 35.9 Å². The van der Waals surface area contributed by atoms with Crippen LogP contribution in [-0.4, -0.2) is 38.8 Å². The summed E-state index contributed by atoms with van der Waals surface area (Å²) in [6, 6.07) is 18.2. The summed E-state index contributed by atoms with van der Waals surface area (Å²) in [6.07, 6.45) is 0.683. The number of nitrogens with one attached hydrogen (secondary N) is 1. The molecule has 166 valence electrons. The number of nitrogens with zero attached hydrogens (tertiary/aromatic N) is 1. The van der Waals surface area contributed by atoms with Crippen LogP contribution in [0.3, 0.4) is 0 Å². The van der Waals surface area contributed by atoms with E-state index in [2.05, 4.69) is 5.32 Å². The number of carbonyl (C=O) groups excluding carboxylic acids is 1. The number of carbonyl (C=O) groups is 1. The predicted octanol–water partition coefficient (Wildman–Crippen LogP) is 5.55. The summed E-state index contributed by atoms with van der Waals surface area (Å²) < 4.78 is 16.3. The number of anilines is 1. The minimum atomic E-state index is -0.377. The average Bonchev–Trinajstić information content (AvgIpc) is 2.82. The third-order valence-electron chi connectivity index (χ3n) is 5.66. The van der Waals surface area contributed by atoms with Crippen molar-refractivity contribution >= 4 is 23.3 Å². The van der Waals surface area contributed by atoms with Gasteiger partial charge in [-0.3, -0.25) is 0 Å². The molecule has 2 amide bonds. The van der Waals surface area contributed by atoms with Gasteiger partial charge < -0.3 is 24.4 Å². The molecule has 32 heavy (non-hydrogen) atoms. The fraction of sp³-hybridized carbons (Fsp3) is 0.240. The molecular formula is C25H25ClN2O4. The molecule has 0 spiro atoms. The largest absolute Gasteiger partial charge is 0.497 e. The van der Waals surface area contributed by atoms with Crippen LogP contribution in [0.2, 0.25) is 5.02 Å². The summed E-state index contributed by atoms with van der Waals surface area (Å²) in [7, 11) is 4.81. The van der Waals surface area contributed by atoms with Crippen LogP contribution in [0.5, 0.6) is 17.2 Å². The van der Waals surface area contributed by atoms with Crippen molar-refractivity contribution in [3.63, 3.8) is 0 Å². The SMILES string of the molecule is COc1cccc(NC(=O)N2CCc3cc(OC)c(OC)cc3[C@H]2c2ccccc2Cl)c1. The summed E-state index contributed by atoms with van der Waals surface area (Å²) in [6.45, 7) is 0.522. The summed E-state index contributed by atoms with van der Waals surface area (Å²) in [5, 5.41) is 3.59. The van der Waals surface area contributed by atoms with Gasteiger partial charge in [-0.25, -0.2) is 4.79 Å². The van der Waals surface area contributed by atoms with E-state index in [4.69, 9.17) is 25.8 Å². The number of halogens is 1. The number of hydrogen-bond acceptors (Lipinski definition) is 4. The smallest absolute Gasteiger partial charge is 0.322 e. The Bertz CT molecular complexity index is 1130. The van der Waals surface area contributed by atoms with Crippen LogP contribution in [0.25, 0.3) is 0 Å². The van der Waals surface area contributed by atoms with Crippen LogP contribution >= 0.6 is 11.6 Å². The van der Waals surface area contributed by atoms with Crippen molar-refractivity contribution < 1.29 is 19.0 Å². The molecular weight excluding hydrogens is 428 g/mol. The zero-order valence-corrected chi connectivity index (χ0v) is 19.0. The van der Waals surface area contributed by atoms with Gasteiger partial charge in [0.05, 0.1) is 27.4 Å². The van der Waals surface area contributed by atoms with Crippen LogP contribution in [0.4, 0.5) is 10.5 Å². The molecule has 0 saturated heterocycles. The second-order valence-corrected chi connectivity index (χ2v) is 7.84. The Labute approximate surface area is 192 Å². The number of ether oxygens (including phenoxy) is 3. The van der Waals surface area contributed by atoms with Crippen molar-refractivity contribution in [3.05, 3.63) is 82.4 Å². The number of urea groups is 1. The fourth-order valence-corrected chi connectivity index (χ4v) is 4.33. The molecule has 7 heteroatoms. The number of fused-ring (bicyclic) bond motifs is 1. The molecule has 0 fully saturated rings. The van der Waals surface area contributed by atoms with E-state index in [1.807, 2.05) is 54.6 Å². The topological polar surface area (TPSA) is 60.0 Å². The lowest BCUT2D eigenvalue weighted by atomic mass is 9.87. The third kappa shape index (κ3) is 4.18. The molecule has 0 bridgehead atoms. The Balaban J connectivity index is 1.77. The number of methoxy groups -OCH3 is 3. The van der Waals surface area contributed by atoms with Gasteiger partial charge in [0.1, 0.15) is 5.75 Å². The van der Waals surface area contributed by atoms with Crippen molar-refractivity contribution in [2.24, 2.45) is 0 Å². The molecule has 0 radical (unpaired) electrons. The predicted molar refractivity (Wildman–Crippen MR) is 125 cm³/mol. The second-order valence-electron chi connectivity index (χ2n) is 7.44. The lowest BCUT2D eigenvalue weighted by Gasteiger charge is -2.38. The quantitative estimate of drug-likeness (QED) is 0.551. The maximum atomic E-state index is 13.4. The maximum Gasteiger partial charge on any atom is 0.322 e. The highest BCUT2D eigenvalue weighted by atomic mass is 35.5. The number of amides is 2. The Kier molecular flexibility index (Phi) is 6.42. The van der Waals surface area contributed by atoms with Gasteiger partial charge in [-0.15, -0.1) is 0 Å². The Morgan fingerprint density at radius 3 is 2.41 bits per heavy atom. The minimum Gasteiger partial charge on any atom is -0.497 e. The number of rotatable bonds is 5. The molecule has 1 aliphatic heterocycles. The lowest BCUT2D eigenvalue weighted by Crippen LogP contribution is -2.43. The molecule has 1 heterocycles. The lowest BCUT2D eigenvalue weighted by molar-refractivity contribution is 0.193. The van der Waals surface area contributed by atoms with Crippen molar-refractivity contribution in [1.82, 2.24) is 4.90 Å². The maximum absolute atomic E-state index is 13.4. The molecule has 4 rings (SSSR count). The van der Waals surface area contributed by atoms with Gasteiger partial charge in [0, 0.05) is 23.3 Å². The minimum absolute atomic E-state index is 0.219. The summed E-state index contributed by atoms with van der Waals surface area (Å²) >= 11 is 6.60. The highest BCUT2D eigenvalue weighted by Gasteiger charge is 2.34. The standard InChI is InChI=1S/C25H25ClN2O4/c1-30-18-8-6-7-17(14-18)27-25(29)28-12-11-16-13-22(31-2)23(32-3)15-20(16)24(28)19-9-4-5-10-21(19)26/h4-10,13-15,24H,11-12H2,1-3H3,(H,27,29)/t24-/m1/s1. The zero-order chi connectivity index (χ0) is 22.7. The monoisotopic (exact) mass is 452 g/mol. The van der Waals surface area contributed by atoms with Crippen molar-refractivity contribution in [3.8, 4) is 17.2 Å². The van der Waals surface area contributed by atoms with E-state index in [9.17, 15) is 4.79 Å². The number of benzene rings is 3. The van der Waals surface area contributed by atoms with Gasteiger partial charge >= 0.3 is 6.03 Å². The van der Waals surface area contributed by atoms with E-state index < -0.39 is 0 Å². The molecule has 3 aromatic carbocycles. The van der Waals surface area contributed by atoms with Gasteiger partial charge in [-0.05, 0) is 53.4 Å². The van der Waals surface area contributed by atoms with E-state index in [-0.39, 0.29) is 12.1 Å². The van der Waals surface area contributed by atoms with E-state index in [0.29, 0.717) is 40.9 Å². The van der Waals surface area contributed by atoms with Gasteiger partial charge in [0.25, 0.3) is 0 Å². The molecule has 1 N–H and O–H groups in total. The zero-order valence-electron chi connectivity index (χ0n) is 18.2. The first-order chi connectivity index (χ1) is 15.5. The Morgan fingerprint density at radius 2 is 1.69 bits per heavy atom. The molecule has 6 nitrogen and oxygen atoms in total. The average molecular weight is 453 g/mol. The molecule has 1 atom stereocenters. The summed E-state index contributed by atoms with van der Waals surface area (Å²) in [4.78, 5) is 15.2. The molecule has 0 aliphatic carbocycles. The van der Waals surface area contributed by atoms with Gasteiger partial charge in [0.15, 0.2) is 11.5 Å². The van der Waals surface area contributed by atoms with Crippen molar-refractivity contribution in [1.29, 1.82) is 0 Å². The first-order valence-corrected chi connectivity index (χ1v) is 10.6. The van der Waals surface area contributed by atoms with Gasteiger partial charge in [-0.2, -0.15) is 0 Å². The highest BCUT2D eigenvalue weighted by molar-refractivity contribution is 6.31. The highest BCUT2D eigenvalue weighted by Crippen LogP contribution is 2.42. The van der Waals surface area contributed by atoms with Crippen molar-refractivity contribution in [2.45, 2.75) is 12.5 Å². The van der Waals surface area contributed by atoms with Crippen LogP contribution in [-0.2, 0) is 6.42 Å². The van der Waals surface area contributed by atoms with Crippen LogP contribution in [0.15, 0.2) is 60.7 Å². The van der Waals surface area contributed by atoms with Crippen LogP contribution in [0.1, 0.15) is 22.7 Å². The Hall–Kier alpha value is -3.38. The molecule has 0 aromatic heterocycles. The van der Waals surface area contributed by atoms with E-state index in [1.165, 1.54) is 0 Å². The third-order valence-corrected chi connectivity index (χ3v) is 6.00. The normalized spacial score (nSPS) is 15.0. The van der Waals surface area contributed by atoms with E-state index >= 15 is 0 Å².